The molecule has 1 unspecified atom stereocenters. The first-order valence-corrected chi connectivity index (χ1v) is 13.3. The highest BCUT2D eigenvalue weighted by Crippen LogP contribution is 2.24. The summed E-state index contributed by atoms with van der Waals surface area (Å²) in [7, 11) is 0. The van der Waals surface area contributed by atoms with Crippen LogP contribution in [0.1, 0.15) is 24.3 Å². The molecule has 0 spiro atoms. The fraction of sp³-hybridized carbons (Fsp3) is 0.0645. The zero-order valence-corrected chi connectivity index (χ0v) is 22.5. The van der Waals surface area contributed by atoms with E-state index in [-0.39, 0.29) is 26.5 Å². The second kappa shape index (κ2) is 11.7. The van der Waals surface area contributed by atoms with Crippen LogP contribution in [0.25, 0.3) is 28.7 Å². The summed E-state index contributed by atoms with van der Waals surface area (Å²) in [6.45, 7) is 1.82. The van der Waals surface area contributed by atoms with Crippen molar-refractivity contribution < 1.29 is 14.1 Å². The molecule has 202 valence electrons. The number of furan rings is 1. The molecule has 1 N–H and O–H groups in total. The van der Waals surface area contributed by atoms with E-state index in [1.165, 1.54) is 16.7 Å². The molecular weight excluding hydrogens is 540 g/mol. The normalized spacial score (nSPS) is 12.8. The van der Waals surface area contributed by atoms with Crippen LogP contribution in [0.4, 0.5) is 5.69 Å². The number of benzene rings is 3. The van der Waals surface area contributed by atoms with Gasteiger partial charge in [0.15, 0.2) is 5.57 Å². The molecule has 1 amide bonds. The monoisotopic (exact) mass is 562 g/mol. The number of hydrogen-bond donors (Lipinski definition) is 1. The third-order valence-corrected chi connectivity index (χ3v) is 7.39. The Morgan fingerprint density at radius 1 is 1.02 bits per heavy atom. The highest BCUT2D eigenvalue weighted by atomic mass is 32.1. The maximum atomic E-state index is 13.6. The molecule has 9 nitrogen and oxygen atoms in total. The van der Waals surface area contributed by atoms with Gasteiger partial charge in [-0.05, 0) is 48.9 Å². The molecule has 0 aliphatic rings. The van der Waals surface area contributed by atoms with Gasteiger partial charge in [-0.15, -0.1) is 11.3 Å². The fourth-order valence-electron chi connectivity index (χ4n) is 4.21. The minimum absolute atomic E-state index is 0.0357. The molecule has 0 fully saturated rings. The highest BCUT2D eigenvalue weighted by Gasteiger charge is 2.19. The Labute approximate surface area is 237 Å². The minimum atomic E-state index is -0.597. The van der Waals surface area contributed by atoms with Crippen molar-refractivity contribution in [2.24, 2.45) is 0 Å². The van der Waals surface area contributed by atoms with E-state index in [1.54, 1.807) is 60.7 Å². The van der Waals surface area contributed by atoms with Crippen molar-refractivity contribution in [3.05, 3.63) is 138 Å². The number of para-hydroxylation sites is 1. The average molecular weight is 563 g/mol. The molecular formula is C31H22N4O5S. The van der Waals surface area contributed by atoms with Crippen LogP contribution in [0, 0.1) is 21.4 Å². The number of carbonyl (C=O) groups excluding carboxylic acids is 1. The van der Waals surface area contributed by atoms with Crippen LogP contribution in [0.5, 0.6) is 0 Å². The second-order valence-corrected chi connectivity index (χ2v) is 10.0. The number of rotatable bonds is 7. The van der Waals surface area contributed by atoms with E-state index in [9.17, 15) is 25.0 Å². The molecule has 5 rings (SSSR count). The largest absolute Gasteiger partial charge is 0.457 e. The van der Waals surface area contributed by atoms with Crippen molar-refractivity contribution in [1.82, 2.24) is 9.88 Å². The molecule has 0 aliphatic carbocycles. The van der Waals surface area contributed by atoms with Gasteiger partial charge in [0.05, 0.1) is 21.2 Å². The SMILES string of the molecule is CC(NC(=O)/C(C#N)=c1\s/c(=C/c2ccc(-c3ccc([N+](=O)[O-])cc3)o2)c(=O)n1-c1ccccc1)c1ccccc1. The predicted molar refractivity (Wildman–Crippen MR) is 156 cm³/mol. The molecule has 41 heavy (non-hydrogen) atoms. The molecule has 1 atom stereocenters. The zero-order chi connectivity index (χ0) is 28.9. The number of nitro benzene ring substituents is 1. The second-order valence-electron chi connectivity index (χ2n) is 8.99. The summed E-state index contributed by atoms with van der Waals surface area (Å²) < 4.78 is 7.70. The van der Waals surface area contributed by atoms with E-state index in [0.29, 0.717) is 22.8 Å². The van der Waals surface area contributed by atoms with Gasteiger partial charge in [-0.25, -0.2) is 0 Å². The van der Waals surface area contributed by atoms with Gasteiger partial charge >= 0.3 is 0 Å². The molecule has 0 saturated carbocycles. The maximum Gasteiger partial charge on any atom is 0.273 e. The Morgan fingerprint density at radius 3 is 2.32 bits per heavy atom. The van der Waals surface area contributed by atoms with Gasteiger partial charge in [0.25, 0.3) is 17.2 Å². The van der Waals surface area contributed by atoms with Crippen molar-refractivity contribution in [3.8, 4) is 23.1 Å². The third-order valence-electron chi connectivity index (χ3n) is 6.30. The van der Waals surface area contributed by atoms with Gasteiger partial charge in [0, 0.05) is 23.8 Å². The number of carbonyl (C=O) groups is 1. The summed E-state index contributed by atoms with van der Waals surface area (Å²) in [4.78, 5) is 37.4. The molecule has 3 aromatic carbocycles. The minimum Gasteiger partial charge on any atom is -0.457 e. The lowest BCUT2D eigenvalue weighted by molar-refractivity contribution is -0.384. The van der Waals surface area contributed by atoms with Crippen LogP contribution in [-0.2, 0) is 4.79 Å². The van der Waals surface area contributed by atoms with Crippen LogP contribution in [0.3, 0.4) is 0 Å². The van der Waals surface area contributed by atoms with Crippen molar-refractivity contribution in [2.45, 2.75) is 13.0 Å². The quantitative estimate of drug-likeness (QED) is 0.230. The van der Waals surface area contributed by atoms with E-state index < -0.39 is 16.4 Å². The number of amides is 1. The summed E-state index contributed by atoms with van der Waals surface area (Å²) in [5, 5.41) is 23.9. The van der Waals surface area contributed by atoms with Crippen LogP contribution < -0.4 is 20.1 Å². The van der Waals surface area contributed by atoms with Crippen LogP contribution in [-0.4, -0.2) is 15.4 Å². The number of aromatic nitrogens is 1. The van der Waals surface area contributed by atoms with E-state index in [1.807, 2.05) is 43.3 Å². The molecule has 10 heteroatoms. The van der Waals surface area contributed by atoms with E-state index in [2.05, 4.69) is 5.32 Å². The average Bonchev–Trinajstić information content (AvgIpc) is 3.59. The fourth-order valence-corrected chi connectivity index (χ4v) is 5.30. The lowest BCUT2D eigenvalue weighted by Gasteiger charge is -2.13. The molecule has 0 bridgehead atoms. The Balaban J connectivity index is 1.59. The van der Waals surface area contributed by atoms with E-state index in [0.717, 1.165) is 16.9 Å². The van der Waals surface area contributed by atoms with Crippen LogP contribution in [0.15, 0.2) is 106 Å². The third kappa shape index (κ3) is 5.75. The molecule has 0 radical (unpaired) electrons. The van der Waals surface area contributed by atoms with Crippen molar-refractivity contribution in [3.63, 3.8) is 0 Å². The number of hydrogen-bond acceptors (Lipinski definition) is 7. The van der Waals surface area contributed by atoms with Crippen molar-refractivity contribution in [2.75, 3.05) is 0 Å². The number of non-ortho nitro benzene ring substituents is 1. The molecule has 0 saturated heterocycles. The zero-order valence-electron chi connectivity index (χ0n) is 21.7. The van der Waals surface area contributed by atoms with E-state index in [4.69, 9.17) is 4.42 Å². The van der Waals surface area contributed by atoms with Crippen LogP contribution >= 0.6 is 11.3 Å². The highest BCUT2D eigenvalue weighted by molar-refractivity contribution is 7.07. The lowest BCUT2D eigenvalue weighted by atomic mass is 10.1. The van der Waals surface area contributed by atoms with Gasteiger partial charge in [-0.2, -0.15) is 5.26 Å². The smallest absolute Gasteiger partial charge is 0.273 e. The Kier molecular flexibility index (Phi) is 7.71. The van der Waals surface area contributed by atoms with Gasteiger partial charge in [-0.3, -0.25) is 24.3 Å². The maximum absolute atomic E-state index is 13.6. The van der Waals surface area contributed by atoms with E-state index >= 15 is 0 Å². The standard InChI is InChI=1S/C31H22N4O5S/c1-20(21-8-4-2-5-9-21)33-29(36)26(19-32)31-34(23-10-6-3-7-11-23)30(37)28(41-31)18-25-16-17-27(40-25)22-12-14-24(15-13-22)35(38)39/h2-18,20H,1H3,(H,33,36)/b28-18+,31-26-. The summed E-state index contributed by atoms with van der Waals surface area (Å²) in [5.74, 6) is 0.230. The summed E-state index contributed by atoms with van der Waals surface area (Å²) in [6, 6.07) is 29.1. The number of thiazole rings is 1. The van der Waals surface area contributed by atoms with Crippen molar-refractivity contribution in [1.29, 1.82) is 5.26 Å². The van der Waals surface area contributed by atoms with Gasteiger partial charge in [0.2, 0.25) is 0 Å². The first-order valence-electron chi connectivity index (χ1n) is 12.5. The number of nitriles is 1. The van der Waals surface area contributed by atoms with Gasteiger partial charge < -0.3 is 9.73 Å². The summed E-state index contributed by atoms with van der Waals surface area (Å²) in [5.41, 5.74) is 1.37. The predicted octanol–water partition coefficient (Wildman–Crippen LogP) is 4.45. The Hall–Kier alpha value is -5.53. The summed E-state index contributed by atoms with van der Waals surface area (Å²) in [6.07, 6.45) is 1.55. The Morgan fingerprint density at radius 2 is 1.68 bits per heavy atom. The first kappa shape index (κ1) is 27.1. The molecule has 0 aliphatic heterocycles. The molecule has 5 aromatic rings. The van der Waals surface area contributed by atoms with Gasteiger partial charge in [-0.1, -0.05) is 48.5 Å². The van der Waals surface area contributed by atoms with Gasteiger partial charge in [0.1, 0.15) is 22.3 Å². The lowest BCUT2D eigenvalue weighted by Crippen LogP contribution is -2.34. The molecule has 2 aromatic heterocycles. The number of nitrogens with zero attached hydrogens (tertiary/aromatic N) is 3. The van der Waals surface area contributed by atoms with Crippen LogP contribution in [0.2, 0.25) is 0 Å². The summed E-state index contributed by atoms with van der Waals surface area (Å²) >= 11 is 1.01. The number of nitro groups is 1. The Bertz CT molecular complexity index is 1950. The first-order chi connectivity index (χ1) is 19.9. The molecule has 2 heterocycles. The van der Waals surface area contributed by atoms with Crippen molar-refractivity contribution >= 4 is 34.6 Å². The number of nitrogens with one attached hydrogen (secondary N) is 1. The topological polar surface area (TPSA) is 131 Å².